The third-order valence-corrected chi connectivity index (χ3v) is 5.03. The van der Waals surface area contributed by atoms with Crippen LogP contribution in [0.15, 0.2) is 39.4 Å². The van der Waals surface area contributed by atoms with E-state index in [4.69, 9.17) is 4.42 Å². The summed E-state index contributed by atoms with van der Waals surface area (Å²) in [5.74, 6) is 1.84. The number of hydrogen-bond donors (Lipinski definition) is 1. The highest BCUT2D eigenvalue weighted by molar-refractivity contribution is 14.0. The Morgan fingerprint density at radius 3 is 2.86 bits per heavy atom. The van der Waals surface area contributed by atoms with Crippen molar-refractivity contribution in [1.29, 1.82) is 0 Å². The summed E-state index contributed by atoms with van der Waals surface area (Å²) in [4.78, 5) is 12.0. The Bertz CT molecular complexity index is 900. The largest absolute Gasteiger partial charge is 0.443 e. The van der Waals surface area contributed by atoms with E-state index in [1.807, 2.05) is 36.3 Å². The first-order valence-corrected chi connectivity index (χ1v) is 9.78. The molecule has 0 aliphatic carbocycles. The zero-order chi connectivity index (χ0) is 19.4. The molecule has 9 heteroatoms. The van der Waals surface area contributed by atoms with Gasteiger partial charge in [-0.3, -0.25) is 9.67 Å². The molecule has 3 aromatic heterocycles. The first-order chi connectivity index (χ1) is 13.0. The van der Waals surface area contributed by atoms with Crippen LogP contribution in [0.5, 0.6) is 0 Å². The lowest BCUT2D eigenvalue weighted by atomic mass is 10.1. The first kappa shape index (κ1) is 22.4. The number of guanidine groups is 1. The van der Waals surface area contributed by atoms with Gasteiger partial charge in [-0.15, -0.1) is 35.3 Å². The minimum Gasteiger partial charge on any atom is -0.443 e. The summed E-state index contributed by atoms with van der Waals surface area (Å²) in [5, 5.41) is 9.94. The fourth-order valence-corrected chi connectivity index (χ4v) is 3.60. The van der Waals surface area contributed by atoms with Gasteiger partial charge in [-0.25, -0.2) is 4.98 Å². The summed E-state index contributed by atoms with van der Waals surface area (Å²) >= 11 is 1.61. The minimum atomic E-state index is 0. The van der Waals surface area contributed by atoms with Gasteiger partial charge in [0, 0.05) is 39.4 Å². The van der Waals surface area contributed by atoms with E-state index in [9.17, 15) is 0 Å². The van der Waals surface area contributed by atoms with E-state index in [0.29, 0.717) is 18.4 Å². The Balaban J connectivity index is 0.00000280. The molecule has 0 radical (unpaired) electrons. The fraction of sp³-hybridized carbons (Fsp3) is 0.421. The van der Waals surface area contributed by atoms with E-state index in [2.05, 4.69) is 45.3 Å². The van der Waals surface area contributed by atoms with E-state index in [0.717, 1.165) is 28.8 Å². The summed E-state index contributed by atoms with van der Waals surface area (Å²) < 4.78 is 7.44. The molecule has 152 valence electrons. The highest BCUT2D eigenvalue weighted by Gasteiger charge is 2.15. The van der Waals surface area contributed by atoms with Gasteiger partial charge in [0.25, 0.3) is 0 Å². The van der Waals surface area contributed by atoms with E-state index >= 15 is 0 Å². The van der Waals surface area contributed by atoms with Crippen molar-refractivity contribution in [2.24, 2.45) is 12.0 Å². The summed E-state index contributed by atoms with van der Waals surface area (Å²) in [7, 11) is 5.76. The Kier molecular flexibility index (Phi) is 8.05. The average molecular weight is 514 g/mol. The molecule has 0 bridgehead atoms. The number of aryl methyl sites for hydroxylation is 1. The molecular formula is C19H27IN6OS. The molecule has 3 rings (SSSR count). The van der Waals surface area contributed by atoms with Gasteiger partial charge in [0.1, 0.15) is 6.26 Å². The molecule has 0 amide bonds. The number of oxazole rings is 1. The van der Waals surface area contributed by atoms with Gasteiger partial charge < -0.3 is 14.6 Å². The maximum atomic E-state index is 5.57. The van der Waals surface area contributed by atoms with Crippen LogP contribution in [0.3, 0.4) is 0 Å². The number of hydrogen-bond acceptors (Lipinski definition) is 5. The Morgan fingerprint density at radius 2 is 2.21 bits per heavy atom. The second-order valence-corrected chi connectivity index (χ2v) is 7.69. The Hall–Kier alpha value is -1.88. The molecule has 3 aromatic rings. The van der Waals surface area contributed by atoms with Crippen molar-refractivity contribution in [3.05, 3.63) is 46.9 Å². The van der Waals surface area contributed by atoms with Crippen LogP contribution in [-0.4, -0.2) is 39.7 Å². The van der Waals surface area contributed by atoms with Crippen molar-refractivity contribution in [3.63, 3.8) is 0 Å². The number of aromatic nitrogens is 3. The van der Waals surface area contributed by atoms with Crippen molar-refractivity contribution in [2.75, 3.05) is 14.1 Å². The first-order valence-electron chi connectivity index (χ1n) is 8.90. The van der Waals surface area contributed by atoms with Crippen LogP contribution in [0.4, 0.5) is 0 Å². The highest BCUT2D eigenvalue weighted by Crippen LogP contribution is 2.23. The topological polar surface area (TPSA) is 71.5 Å². The van der Waals surface area contributed by atoms with Gasteiger partial charge in [-0.1, -0.05) is 19.9 Å². The highest BCUT2D eigenvalue weighted by atomic mass is 127. The molecule has 0 unspecified atom stereocenters. The molecule has 0 saturated carbocycles. The predicted molar refractivity (Wildman–Crippen MR) is 124 cm³/mol. The van der Waals surface area contributed by atoms with Crippen LogP contribution in [0.25, 0.3) is 10.8 Å². The second-order valence-electron chi connectivity index (χ2n) is 6.75. The van der Waals surface area contributed by atoms with Crippen LogP contribution in [-0.2, 0) is 20.1 Å². The summed E-state index contributed by atoms with van der Waals surface area (Å²) in [6.07, 6.45) is 3.76. The van der Waals surface area contributed by atoms with Crippen LogP contribution in [0.1, 0.15) is 36.7 Å². The van der Waals surface area contributed by atoms with Gasteiger partial charge >= 0.3 is 0 Å². The normalized spacial score (nSPS) is 11.6. The van der Waals surface area contributed by atoms with E-state index < -0.39 is 0 Å². The van der Waals surface area contributed by atoms with E-state index in [-0.39, 0.29) is 24.0 Å². The molecule has 0 aliphatic heterocycles. The van der Waals surface area contributed by atoms with Gasteiger partial charge in [0.2, 0.25) is 5.89 Å². The smallest absolute Gasteiger partial charge is 0.236 e. The molecule has 0 aromatic carbocycles. The van der Waals surface area contributed by atoms with Gasteiger partial charge in [0.05, 0.1) is 22.8 Å². The average Bonchev–Trinajstić information content (AvgIpc) is 3.35. The van der Waals surface area contributed by atoms with Crippen LogP contribution in [0.2, 0.25) is 0 Å². The van der Waals surface area contributed by atoms with Crippen molar-refractivity contribution < 1.29 is 4.42 Å². The summed E-state index contributed by atoms with van der Waals surface area (Å²) in [5.41, 5.74) is 3.17. The Morgan fingerprint density at radius 1 is 1.43 bits per heavy atom. The minimum absolute atomic E-state index is 0. The lowest BCUT2D eigenvalue weighted by Gasteiger charge is -2.22. The Labute approximate surface area is 186 Å². The van der Waals surface area contributed by atoms with Gasteiger partial charge in [-0.2, -0.15) is 5.10 Å². The molecule has 0 saturated heterocycles. The molecule has 0 aliphatic rings. The number of nitrogens with zero attached hydrogens (tertiary/aromatic N) is 5. The molecule has 1 N–H and O–H groups in total. The molecule has 3 heterocycles. The quantitative estimate of drug-likeness (QED) is 0.305. The maximum absolute atomic E-state index is 5.57. The third-order valence-electron chi connectivity index (χ3n) is 4.18. The number of nitrogens with one attached hydrogen (secondary N) is 1. The SMILES string of the molecule is CN=C(NCc1coc(-c2cccs2)n1)N(C)Cc1cn(C)nc1C(C)C.I. The molecule has 0 fully saturated rings. The zero-order valence-corrected chi connectivity index (χ0v) is 20.0. The van der Waals surface area contributed by atoms with Crippen LogP contribution >= 0.6 is 35.3 Å². The second kappa shape index (κ2) is 10.1. The van der Waals surface area contributed by atoms with Crippen molar-refractivity contribution in [2.45, 2.75) is 32.9 Å². The maximum Gasteiger partial charge on any atom is 0.236 e. The van der Waals surface area contributed by atoms with Crippen LogP contribution in [0, 0.1) is 0 Å². The number of thiophene rings is 1. The lowest BCUT2D eigenvalue weighted by Crippen LogP contribution is -2.38. The summed E-state index contributed by atoms with van der Waals surface area (Å²) in [6, 6.07) is 3.99. The monoisotopic (exact) mass is 514 g/mol. The number of rotatable bonds is 6. The van der Waals surface area contributed by atoms with Crippen LogP contribution < -0.4 is 5.32 Å². The van der Waals surface area contributed by atoms with Gasteiger partial charge in [0.15, 0.2) is 5.96 Å². The fourth-order valence-electron chi connectivity index (χ4n) is 2.95. The summed E-state index contributed by atoms with van der Waals surface area (Å²) in [6.45, 7) is 5.61. The predicted octanol–water partition coefficient (Wildman–Crippen LogP) is 4.09. The molecule has 0 atom stereocenters. The van der Waals surface area contributed by atoms with Crippen molar-refractivity contribution in [3.8, 4) is 10.8 Å². The van der Waals surface area contributed by atoms with E-state index in [1.54, 1.807) is 24.6 Å². The molecule has 7 nitrogen and oxygen atoms in total. The number of halogens is 1. The zero-order valence-electron chi connectivity index (χ0n) is 16.8. The van der Waals surface area contributed by atoms with Crippen molar-refractivity contribution >= 4 is 41.3 Å². The number of aliphatic imine (C=N–C) groups is 1. The third kappa shape index (κ3) is 5.34. The van der Waals surface area contributed by atoms with Crippen molar-refractivity contribution in [1.82, 2.24) is 25.0 Å². The molecule has 28 heavy (non-hydrogen) atoms. The van der Waals surface area contributed by atoms with E-state index in [1.165, 1.54) is 5.56 Å². The molecular weight excluding hydrogens is 487 g/mol. The standard InChI is InChI=1S/C19H26N6OS.HI/c1-13(2)17-14(11-25(5)23-17)10-24(4)19(20-3)21-9-15-12-26-18(22-15)16-7-6-8-27-16;/h6-8,11-13H,9-10H2,1-5H3,(H,20,21);1H. The molecule has 0 spiro atoms. The van der Waals surface area contributed by atoms with Gasteiger partial charge in [-0.05, 0) is 17.4 Å². The lowest BCUT2D eigenvalue weighted by molar-refractivity contribution is 0.472.